The van der Waals surface area contributed by atoms with Crippen LogP contribution in [0.25, 0.3) is 0 Å². The second kappa shape index (κ2) is 4.59. The Morgan fingerprint density at radius 3 is 2.39 bits per heavy atom. The lowest BCUT2D eigenvalue weighted by molar-refractivity contribution is -0.165. The molecule has 4 nitrogen and oxygen atoms in total. The second-order valence-corrected chi connectivity index (χ2v) is 9.81. The van der Waals surface area contributed by atoms with Crippen molar-refractivity contribution in [3.63, 3.8) is 0 Å². The fraction of sp³-hybridized carbons (Fsp3) is 0.667. The van der Waals surface area contributed by atoms with Crippen molar-refractivity contribution >= 4 is 28.2 Å². The van der Waals surface area contributed by atoms with Crippen LogP contribution in [0.5, 0.6) is 0 Å². The lowest BCUT2D eigenvalue weighted by Crippen LogP contribution is -2.58. The number of primary amides is 1. The first-order chi connectivity index (χ1) is 10.7. The van der Waals surface area contributed by atoms with Crippen LogP contribution in [-0.2, 0) is 4.79 Å². The van der Waals surface area contributed by atoms with Gasteiger partial charge in [-0.3, -0.25) is 9.59 Å². The third kappa shape index (κ3) is 2.32. The number of carbonyl (C=O) groups excluding carboxylic acids is 2. The van der Waals surface area contributed by atoms with E-state index in [2.05, 4.69) is 19.2 Å². The summed E-state index contributed by atoms with van der Waals surface area (Å²) in [6, 6.07) is 1.69. The van der Waals surface area contributed by atoms with Gasteiger partial charge in [0.2, 0.25) is 5.91 Å². The van der Waals surface area contributed by atoms with Crippen molar-refractivity contribution in [2.24, 2.45) is 27.9 Å². The number of hydrogen-bond donors (Lipinski definition) is 2. The Bertz CT molecular complexity index is 677. The predicted molar refractivity (Wildman–Crippen MR) is 91.3 cm³/mol. The molecule has 2 amide bonds. The van der Waals surface area contributed by atoms with Crippen molar-refractivity contribution in [2.75, 3.05) is 5.32 Å². The van der Waals surface area contributed by atoms with Gasteiger partial charge in [0.15, 0.2) is 0 Å². The molecule has 0 radical (unpaired) electrons. The number of nitrogens with two attached hydrogens (primary N) is 1. The average molecular weight is 332 g/mol. The molecule has 4 aliphatic rings. The number of amides is 2. The van der Waals surface area contributed by atoms with Crippen LogP contribution in [0.3, 0.4) is 0 Å². The molecule has 1 heterocycles. The van der Waals surface area contributed by atoms with E-state index in [0.717, 1.165) is 19.3 Å². The molecule has 5 heteroatoms. The highest BCUT2D eigenvalue weighted by molar-refractivity contribution is 7.14. The molecule has 0 saturated heterocycles. The number of hydrogen-bond acceptors (Lipinski definition) is 3. The summed E-state index contributed by atoms with van der Waals surface area (Å²) >= 11 is 1.38. The van der Waals surface area contributed by atoms with Gasteiger partial charge in [0.05, 0.1) is 11.0 Å². The van der Waals surface area contributed by atoms with Crippen molar-refractivity contribution in [1.82, 2.24) is 0 Å². The molecule has 2 atom stereocenters. The van der Waals surface area contributed by atoms with Gasteiger partial charge in [-0.2, -0.15) is 0 Å². The minimum Gasteiger partial charge on any atom is -0.366 e. The fourth-order valence-corrected chi connectivity index (χ4v) is 7.32. The molecule has 0 spiro atoms. The molecule has 1 aromatic rings. The summed E-state index contributed by atoms with van der Waals surface area (Å²) in [6.45, 7) is 4.72. The molecule has 4 saturated carbocycles. The number of nitrogens with one attached hydrogen (secondary N) is 1. The Morgan fingerprint density at radius 2 is 1.83 bits per heavy atom. The van der Waals surface area contributed by atoms with Crippen LogP contribution < -0.4 is 11.1 Å². The van der Waals surface area contributed by atoms with E-state index in [9.17, 15) is 9.59 Å². The van der Waals surface area contributed by atoms with Gasteiger partial charge in [-0.25, -0.2) is 0 Å². The van der Waals surface area contributed by atoms with Crippen LogP contribution >= 0.6 is 11.3 Å². The second-order valence-electron chi connectivity index (χ2n) is 8.89. The Hall–Kier alpha value is -1.36. The summed E-state index contributed by atoms with van der Waals surface area (Å²) in [7, 11) is 0. The summed E-state index contributed by atoms with van der Waals surface area (Å²) in [5, 5.41) is 5.45. The van der Waals surface area contributed by atoms with Gasteiger partial charge in [-0.15, -0.1) is 11.3 Å². The van der Waals surface area contributed by atoms with Crippen LogP contribution in [-0.4, -0.2) is 11.8 Å². The third-order valence-electron chi connectivity index (χ3n) is 6.27. The highest BCUT2D eigenvalue weighted by Gasteiger charge is 2.62. The van der Waals surface area contributed by atoms with Gasteiger partial charge < -0.3 is 11.1 Å². The average Bonchev–Trinajstić information content (AvgIpc) is 2.82. The molecule has 124 valence electrons. The summed E-state index contributed by atoms with van der Waals surface area (Å²) < 4.78 is 0. The lowest BCUT2D eigenvalue weighted by atomic mass is 9.40. The summed E-state index contributed by atoms with van der Waals surface area (Å²) in [5.74, 6) is 0.293. The maximum atomic E-state index is 13.2. The molecule has 4 aliphatic carbocycles. The molecule has 0 aliphatic heterocycles. The van der Waals surface area contributed by atoms with Crippen molar-refractivity contribution < 1.29 is 9.59 Å². The van der Waals surface area contributed by atoms with Gasteiger partial charge >= 0.3 is 0 Å². The van der Waals surface area contributed by atoms with Crippen molar-refractivity contribution in [3.05, 3.63) is 17.0 Å². The first-order valence-electron chi connectivity index (χ1n) is 8.42. The van der Waals surface area contributed by atoms with E-state index in [0.29, 0.717) is 27.3 Å². The Morgan fingerprint density at radius 1 is 1.17 bits per heavy atom. The van der Waals surface area contributed by atoms with E-state index >= 15 is 0 Å². The monoisotopic (exact) mass is 332 g/mol. The molecular weight excluding hydrogens is 308 g/mol. The smallest absolute Gasteiger partial charge is 0.251 e. The van der Waals surface area contributed by atoms with Crippen LogP contribution in [0.4, 0.5) is 5.00 Å². The molecule has 3 N–H and O–H groups in total. The zero-order valence-electron chi connectivity index (χ0n) is 13.8. The summed E-state index contributed by atoms with van der Waals surface area (Å²) in [5.41, 5.74) is 6.16. The first kappa shape index (κ1) is 15.2. The Labute approximate surface area is 140 Å². The third-order valence-corrected chi connectivity index (χ3v) is 7.10. The summed E-state index contributed by atoms with van der Waals surface area (Å²) in [6.07, 6.45) is 6.75. The molecule has 23 heavy (non-hydrogen) atoms. The maximum absolute atomic E-state index is 13.2. The van der Waals surface area contributed by atoms with Gasteiger partial charge in [0, 0.05) is 0 Å². The molecular formula is C18H24N2O2S. The number of thiophene rings is 1. The minimum absolute atomic E-state index is 0.101. The van der Waals surface area contributed by atoms with Crippen molar-refractivity contribution in [3.8, 4) is 0 Å². The predicted octanol–water partition coefficient (Wildman–Crippen LogP) is 3.78. The molecule has 5 rings (SSSR count). The highest BCUT2D eigenvalue weighted by Crippen LogP contribution is 2.69. The molecule has 0 unspecified atom stereocenters. The van der Waals surface area contributed by atoms with Gasteiger partial charge in [-0.1, -0.05) is 13.8 Å². The molecule has 1 aromatic heterocycles. The van der Waals surface area contributed by atoms with Crippen LogP contribution in [0.1, 0.15) is 62.7 Å². The van der Waals surface area contributed by atoms with E-state index in [-0.39, 0.29) is 11.3 Å². The normalized spacial score (nSPS) is 41.0. The number of rotatable bonds is 3. The topological polar surface area (TPSA) is 72.2 Å². The summed E-state index contributed by atoms with van der Waals surface area (Å²) in [4.78, 5) is 24.7. The molecule has 4 bridgehead atoms. The maximum Gasteiger partial charge on any atom is 0.251 e. The van der Waals surface area contributed by atoms with Crippen molar-refractivity contribution in [1.29, 1.82) is 0 Å². The van der Waals surface area contributed by atoms with E-state index < -0.39 is 5.91 Å². The van der Waals surface area contributed by atoms with E-state index in [1.807, 2.05) is 0 Å². The quantitative estimate of drug-likeness (QED) is 0.884. The zero-order valence-corrected chi connectivity index (χ0v) is 14.6. The SMILES string of the molecule is C[C@]12CC3CC(C(=O)Nc4sccc4C(N)=O)(C1)C[C@](C)(C3)C2. The number of carbonyl (C=O) groups is 2. The van der Waals surface area contributed by atoms with Gasteiger partial charge in [0.25, 0.3) is 5.91 Å². The van der Waals surface area contributed by atoms with E-state index in [4.69, 9.17) is 5.73 Å². The van der Waals surface area contributed by atoms with Gasteiger partial charge in [-0.05, 0) is 66.7 Å². The number of anilines is 1. The first-order valence-corrected chi connectivity index (χ1v) is 9.30. The van der Waals surface area contributed by atoms with Crippen LogP contribution in [0.2, 0.25) is 0 Å². The van der Waals surface area contributed by atoms with Gasteiger partial charge in [0.1, 0.15) is 5.00 Å². The molecule has 0 aromatic carbocycles. The highest BCUT2D eigenvalue weighted by atomic mass is 32.1. The molecule has 4 fully saturated rings. The largest absolute Gasteiger partial charge is 0.366 e. The van der Waals surface area contributed by atoms with E-state index in [1.165, 1.54) is 30.6 Å². The van der Waals surface area contributed by atoms with E-state index in [1.54, 1.807) is 11.4 Å². The Balaban J connectivity index is 1.63. The van der Waals surface area contributed by atoms with Crippen LogP contribution in [0, 0.1) is 22.2 Å². The van der Waals surface area contributed by atoms with Crippen LogP contribution in [0.15, 0.2) is 11.4 Å². The minimum atomic E-state index is -0.481. The zero-order chi connectivity index (χ0) is 16.5. The standard InChI is InChI=1S/C18H24N2O2S/c1-16-5-11-6-17(2,8-16)10-18(7-11,9-16)15(22)20-14-12(13(19)21)3-4-23-14/h3-4,11H,5-10H2,1-2H3,(H2,19,21)(H,20,22)/t11?,16-,17-,18?/m1/s1. The fourth-order valence-electron chi connectivity index (χ4n) is 6.54. The lowest BCUT2D eigenvalue weighted by Gasteiger charge is -2.64. The van der Waals surface area contributed by atoms with Crippen molar-refractivity contribution in [2.45, 2.75) is 52.4 Å². The Kier molecular flexibility index (Phi) is 3.03.